The second kappa shape index (κ2) is 5.96. The van der Waals surface area contributed by atoms with Crippen molar-refractivity contribution < 1.29 is 9.90 Å². The summed E-state index contributed by atoms with van der Waals surface area (Å²) in [6.45, 7) is 5.01. The normalized spacial score (nSPS) is 16.8. The molecule has 106 valence electrons. The molecular weight excluding hydrogens is 262 g/mol. The Morgan fingerprint density at radius 1 is 1.68 bits per heavy atom. The molecule has 2 rings (SSSR count). The lowest BCUT2D eigenvalue weighted by molar-refractivity contribution is -0.133. The number of carboxylic acid groups (broad SMARTS) is 1. The quantitative estimate of drug-likeness (QED) is 0.774. The standard InChI is InChI=1S/C13H21N3O2S/c1-9-6-16(13(14-9)19-8-12(17)18)7-10(2)15(3)11-4-5-11/h6,10-11H,4-5,7-8H2,1-3H3,(H,17,18). The highest BCUT2D eigenvalue weighted by Crippen LogP contribution is 2.28. The molecule has 1 aliphatic carbocycles. The Labute approximate surface area is 118 Å². The van der Waals surface area contributed by atoms with E-state index in [0.717, 1.165) is 23.4 Å². The Morgan fingerprint density at radius 3 is 2.95 bits per heavy atom. The van der Waals surface area contributed by atoms with Gasteiger partial charge in [0.15, 0.2) is 5.16 Å². The average molecular weight is 283 g/mol. The Bertz CT molecular complexity index is 457. The molecule has 1 aliphatic rings. The van der Waals surface area contributed by atoms with Gasteiger partial charge in [0, 0.05) is 24.8 Å². The lowest BCUT2D eigenvalue weighted by Gasteiger charge is -2.25. The number of hydrogen-bond donors (Lipinski definition) is 1. The molecule has 0 saturated heterocycles. The largest absolute Gasteiger partial charge is 0.481 e. The Hall–Kier alpha value is -1.01. The van der Waals surface area contributed by atoms with Gasteiger partial charge in [0.05, 0.1) is 11.4 Å². The summed E-state index contributed by atoms with van der Waals surface area (Å²) in [5.41, 5.74) is 0.939. The van der Waals surface area contributed by atoms with E-state index in [9.17, 15) is 4.79 Å². The van der Waals surface area contributed by atoms with Gasteiger partial charge in [-0.15, -0.1) is 0 Å². The third-order valence-corrected chi connectivity index (χ3v) is 4.44. The van der Waals surface area contributed by atoms with Crippen LogP contribution >= 0.6 is 11.8 Å². The first-order valence-electron chi connectivity index (χ1n) is 6.57. The number of carbonyl (C=O) groups is 1. The minimum atomic E-state index is -0.805. The van der Waals surface area contributed by atoms with E-state index >= 15 is 0 Å². The molecule has 0 amide bonds. The average Bonchev–Trinajstić information content (AvgIpc) is 3.11. The molecule has 1 N–H and O–H groups in total. The number of aryl methyl sites for hydroxylation is 1. The number of carboxylic acids is 1. The number of aliphatic carboxylic acids is 1. The van der Waals surface area contributed by atoms with Gasteiger partial charge in [0.25, 0.3) is 0 Å². The molecule has 1 unspecified atom stereocenters. The van der Waals surface area contributed by atoms with E-state index in [-0.39, 0.29) is 5.75 Å². The molecule has 19 heavy (non-hydrogen) atoms. The zero-order chi connectivity index (χ0) is 14.0. The predicted octanol–water partition coefficient (Wildman–Crippen LogP) is 1.85. The first kappa shape index (κ1) is 14.4. The van der Waals surface area contributed by atoms with Crippen LogP contribution in [0.1, 0.15) is 25.5 Å². The molecule has 0 bridgehead atoms. The first-order valence-corrected chi connectivity index (χ1v) is 7.56. The van der Waals surface area contributed by atoms with Crippen molar-refractivity contribution in [2.45, 2.75) is 50.5 Å². The second-order valence-corrected chi connectivity index (χ2v) is 6.19. The fraction of sp³-hybridized carbons (Fsp3) is 0.692. The van der Waals surface area contributed by atoms with E-state index < -0.39 is 5.97 Å². The van der Waals surface area contributed by atoms with Crippen LogP contribution in [0.3, 0.4) is 0 Å². The Morgan fingerprint density at radius 2 is 2.37 bits per heavy atom. The van der Waals surface area contributed by atoms with Crippen LogP contribution in [0.5, 0.6) is 0 Å². The van der Waals surface area contributed by atoms with Crippen LogP contribution < -0.4 is 0 Å². The van der Waals surface area contributed by atoms with Crippen molar-refractivity contribution in [2.24, 2.45) is 0 Å². The molecule has 1 saturated carbocycles. The van der Waals surface area contributed by atoms with E-state index in [1.165, 1.54) is 24.6 Å². The minimum absolute atomic E-state index is 0.0588. The number of likely N-dealkylation sites (N-methyl/N-ethyl adjacent to an activating group) is 1. The first-order chi connectivity index (χ1) is 8.97. The zero-order valence-electron chi connectivity index (χ0n) is 11.7. The number of hydrogen-bond acceptors (Lipinski definition) is 4. The topological polar surface area (TPSA) is 58.4 Å². The van der Waals surface area contributed by atoms with Crippen LogP contribution in [0.25, 0.3) is 0 Å². The molecule has 1 fully saturated rings. The summed E-state index contributed by atoms with van der Waals surface area (Å²) >= 11 is 1.29. The lowest BCUT2D eigenvalue weighted by atomic mass is 10.3. The summed E-state index contributed by atoms with van der Waals surface area (Å²) in [4.78, 5) is 17.5. The number of aromatic nitrogens is 2. The van der Waals surface area contributed by atoms with Crippen LogP contribution in [0.4, 0.5) is 0 Å². The van der Waals surface area contributed by atoms with Gasteiger partial charge in [0.2, 0.25) is 0 Å². The molecule has 6 heteroatoms. The van der Waals surface area contributed by atoms with Gasteiger partial charge in [-0.25, -0.2) is 4.98 Å². The van der Waals surface area contributed by atoms with E-state index in [4.69, 9.17) is 5.11 Å². The molecule has 0 aromatic carbocycles. The molecule has 0 aliphatic heterocycles. The highest BCUT2D eigenvalue weighted by molar-refractivity contribution is 7.99. The van der Waals surface area contributed by atoms with Crippen molar-refractivity contribution in [3.05, 3.63) is 11.9 Å². The van der Waals surface area contributed by atoms with Crippen molar-refractivity contribution >= 4 is 17.7 Å². The van der Waals surface area contributed by atoms with Gasteiger partial charge in [-0.1, -0.05) is 11.8 Å². The van der Waals surface area contributed by atoms with Crippen LogP contribution in [0.2, 0.25) is 0 Å². The maximum atomic E-state index is 10.7. The summed E-state index contributed by atoms with van der Waals surface area (Å²) in [7, 11) is 2.16. The fourth-order valence-corrected chi connectivity index (χ4v) is 2.91. The van der Waals surface area contributed by atoms with Crippen molar-refractivity contribution in [1.29, 1.82) is 0 Å². The zero-order valence-corrected chi connectivity index (χ0v) is 12.5. The summed E-state index contributed by atoms with van der Waals surface area (Å²) in [5, 5.41) is 9.56. The molecule has 1 aromatic rings. The van der Waals surface area contributed by atoms with E-state index in [2.05, 4.69) is 28.4 Å². The molecule has 0 spiro atoms. The van der Waals surface area contributed by atoms with Crippen LogP contribution in [-0.4, -0.2) is 50.4 Å². The van der Waals surface area contributed by atoms with E-state index in [1.807, 2.05) is 13.1 Å². The van der Waals surface area contributed by atoms with Crippen molar-refractivity contribution in [3.63, 3.8) is 0 Å². The predicted molar refractivity (Wildman–Crippen MR) is 75.6 cm³/mol. The summed E-state index contributed by atoms with van der Waals surface area (Å²) in [6.07, 6.45) is 4.59. The summed E-state index contributed by atoms with van der Waals surface area (Å²) in [5.74, 6) is -0.746. The SMILES string of the molecule is Cc1cn(CC(C)N(C)C2CC2)c(SCC(=O)O)n1. The smallest absolute Gasteiger partial charge is 0.313 e. The van der Waals surface area contributed by atoms with Crippen molar-refractivity contribution in [3.8, 4) is 0 Å². The highest BCUT2D eigenvalue weighted by Gasteiger charge is 2.29. The molecule has 0 radical (unpaired) electrons. The lowest BCUT2D eigenvalue weighted by Crippen LogP contribution is -2.34. The summed E-state index contributed by atoms with van der Waals surface area (Å²) in [6, 6.07) is 1.17. The Kier molecular flexibility index (Phi) is 4.52. The Balaban J connectivity index is 1.99. The second-order valence-electron chi connectivity index (χ2n) is 5.25. The molecule has 1 heterocycles. The van der Waals surface area contributed by atoms with Gasteiger partial charge in [0.1, 0.15) is 0 Å². The van der Waals surface area contributed by atoms with E-state index in [1.54, 1.807) is 0 Å². The van der Waals surface area contributed by atoms with Gasteiger partial charge in [-0.2, -0.15) is 0 Å². The highest BCUT2D eigenvalue weighted by atomic mass is 32.2. The fourth-order valence-electron chi connectivity index (χ4n) is 2.15. The van der Waals surface area contributed by atoms with Gasteiger partial charge >= 0.3 is 5.97 Å². The van der Waals surface area contributed by atoms with Gasteiger partial charge in [-0.05, 0) is 33.7 Å². The van der Waals surface area contributed by atoms with Crippen LogP contribution in [-0.2, 0) is 11.3 Å². The maximum Gasteiger partial charge on any atom is 0.313 e. The minimum Gasteiger partial charge on any atom is -0.481 e. The maximum absolute atomic E-state index is 10.7. The van der Waals surface area contributed by atoms with E-state index in [0.29, 0.717) is 6.04 Å². The van der Waals surface area contributed by atoms with Gasteiger partial charge in [-0.3, -0.25) is 9.69 Å². The third kappa shape index (κ3) is 3.98. The number of rotatable bonds is 7. The van der Waals surface area contributed by atoms with Crippen LogP contribution in [0.15, 0.2) is 11.4 Å². The number of thioether (sulfide) groups is 1. The summed E-state index contributed by atoms with van der Waals surface area (Å²) < 4.78 is 2.08. The van der Waals surface area contributed by atoms with Crippen molar-refractivity contribution in [1.82, 2.24) is 14.5 Å². The van der Waals surface area contributed by atoms with Crippen LogP contribution in [0, 0.1) is 6.92 Å². The van der Waals surface area contributed by atoms with Crippen molar-refractivity contribution in [2.75, 3.05) is 12.8 Å². The number of imidazole rings is 1. The monoisotopic (exact) mass is 283 g/mol. The third-order valence-electron chi connectivity index (χ3n) is 3.46. The number of nitrogens with zero attached hydrogens (tertiary/aromatic N) is 3. The van der Waals surface area contributed by atoms with Gasteiger partial charge < -0.3 is 9.67 Å². The molecule has 1 atom stereocenters. The molecular formula is C13H21N3O2S. The molecule has 5 nitrogen and oxygen atoms in total. The molecule has 1 aromatic heterocycles.